The molecule has 5 amide bonds. The van der Waals surface area contributed by atoms with E-state index < -0.39 is 76.0 Å². The number of nitrogens with one attached hydrogen (secondary N) is 4. The van der Waals surface area contributed by atoms with Crippen LogP contribution < -0.4 is 21.3 Å². The van der Waals surface area contributed by atoms with Crippen LogP contribution in [-0.4, -0.2) is 105 Å². The summed E-state index contributed by atoms with van der Waals surface area (Å²) in [6.07, 6.45) is 5.69. The first-order valence-corrected chi connectivity index (χ1v) is 22.2. The average molecular weight is 832 g/mol. The summed E-state index contributed by atoms with van der Waals surface area (Å²) in [5, 5.41) is 10.6. The molecule has 2 saturated heterocycles. The lowest BCUT2D eigenvalue weighted by molar-refractivity contribution is -0.158. The lowest BCUT2D eigenvalue weighted by Gasteiger charge is -2.35. The molecule has 3 aliphatic rings. The minimum absolute atomic E-state index is 0.112. The Morgan fingerprint density at radius 2 is 1.58 bits per heavy atom. The maximum atomic E-state index is 14.6. The first-order valence-electron chi connectivity index (χ1n) is 20.2. The summed E-state index contributed by atoms with van der Waals surface area (Å²) in [7, 11) is 0. The van der Waals surface area contributed by atoms with Crippen LogP contribution in [0.5, 0.6) is 0 Å². The van der Waals surface area contributed by atoms with E-state index in [1.807, 2.05) is 20.8 Å². The third-order valence-electron chi connectivity index (χ3n) is 10.0. The van der Waals surface area contributed by atoms with E-state index in [4.69, 9.17) is 9.47 Å². The van der Waals surface area contributed by atoms with Crippen LogP contribution in [0.1, 0.15) is 111 Å². The van der Waals surface area contributed by atoms with Gasteiger partial charge in [-0.15, -0.1) is 23.5 Å². The second kappa shape index (κ2) is 21.3. The Morgan fingerprint density at radius 1 is 0.912 bits per heavy atom. The van der Waals surface area contributed by atoms with Crippen LogP contribution >= 0.6 is 23.5 Å². The van der Waals surface area contributed by atoms with Gasteiger partial charge in [0.05, 0.1) is 23.3 Å². The van der Waals surface area contributed by atoms with Gasteiger partial charge in [-0.1, -0.05) is 76.8 Å². The minimum Gasteiger partial charge on any atom is -0.458 e. The van der Waals surface area contributed by atoms with E-state index >= 15 is 0 Å². The maximum absolute atomic E-state index is 14.6. The van der Waals surface area contributed by atoms with Crippen molar-refractivity contribution in [2.45, 2.75) is 133 Å². The van der Waals surface area contributed by atoms with Crippen molar-refractivity contribution in [1.82, 2.24) is 26.2 Å². The molecule has 1 aromatic rings. The molecule has 16 heteroatoms. The zero-order chi connectivity index (χ0) is 41.8. The molecule has 57 heavy (non-hydrogen) atoms. The standard InChI is InChI=1S/C41H61N5O9S2/c1-7-15-29(34(48)36(50)42-23-31(47)44-33(28-18-12-9-13-19-28)38(52)55-40(4,5)6)43-35(49)30-22-41(56-20-14-21-57-41)25-46(30)37(51)32(27-16-10-8-11-17-27)45-39(53)54-24-26(2)3/h9,12-13,18-19,26-27,29-30,32-33H,7-8,10-11,14-17,20-25H2,1-6H3,(H,42,50)(H,43,49)(H,44,47)(H,45,53). The van der Waals surface area contributed by atoms with Crippen molar-refractivity contribution < 1.29 is 43.0 Å². The predicted molar refractivity (Wildman–Crippen MR) is 220 cm³/mol. The third-order valence-corrected chi connectivity index (χ3v) is 13.4. The van der Waals surface area contributed by atoms with Crippen molar-refractivity contribution in [3.8, 4) is 0 Å². The number of hydrogen-bond donors (Lipinski definition) is 4. The fourth-order valence-corrected chi connectivity index (χ4v) is 10.6. The molecular weight excluding hydrogens is 771 g/mol. The van der Waals surface area contributed by atoms with E-state index in [2.05, 4.69) is 21.3 Å². The van der Waals surface area contributed by atoms with Crippen molar-refractivity contribution >= 4 is 65.0 Å². The molecule has 2 aliphatic heterocycles. The van der Waals surface area contributed by atoms with E-state index in [0.717, 1.165) is 50.0 Å². The van der Waals surface area contributed by atoms with Crippen LogP contribution in [0, 0.1) is 11.8 Å². The van der Waals surface area contributed by atoms with Gasteiger partial charge < -0.3 is 35.6 Å². The quantitative estimate of drug-likeness (QED) is 0.134. The molecule has 4 atom stereocenters. The second-order valence-corrected chi connectivity index (χ2v) is 19.7. The van der Waals surface area contributed by atoms with E-state index in [1.165, 1.54) is 0 Å². The fraction of sp³-hybridized carbons (Fsp3) is 0.683. The zero-order valence-electron chi connectivity index (χ0n) is 34.2. The van der Waals surface area contributed by atoms with E-state index in [1.54, 1.807) is 79.5 Å². The van der Waals surface area contributed by atoms with Gasteiger partial charge >= 0.3 is 12.1 Å². The van der Waals surface area contributed by atoms with Gasteiger partial charge in [-0.3, -0.25) is 24.0 Å². The summed E-state index contributed by atoms with van der Waals surface area (Å²) in [6.45, 7) is 10.7. The summed E-state index contributed by atoms with van der Waals surface area (Å²) in [5.41, 5.74) is -0.340. The molecule has 14 nitrogen and oxygen atoms in total. The highest BCUT2D eigenvalue weighted by Crippen LogP contribution is 2.50. The third kappa shape index (κ3) is 13.6. The highest BCUT2D eigenvalue weighted by molar-refractivity contribution is 8.18. The summed E-state index contributed by atoms with van der Waals surface area (Å²) in [4.78, 5) is 96.2. The number of esters is 1. The molecule has 4 N–H and O–H groups in total. The number of Topliss-reactive ketones (excluding diaryl/α,β-unsaturated/α-hetero) is 1. The zero-order valence-corrected chi connectivity index (χ0v) is 35.8. The monoisotopic (exact) mass is 831 g/mol. The molecule has 2 heterocycles. The van der Waals surface area contributed by atoms with Gasteiger partial charge in [0.15, 0.2) is 6.04 Å². The molecule has 4 unspecified atom stereocenters. The maximum Gasteiger partial charge on any atom is 0.407 e. The van der Waals surface area contributed by atoms with Crippen LogP contribution in [0.15, 0.2) is 30.3 Å². The Kier molecular flexibility index (Phi) is 17.1. The normalized spacial score (nSPS) is 19.8. The minimum atomic E-state index is -1.22. The van der Waals surface area contributed by atoms with Gasteiger partial charge in [0.1, 0.15) is 17.7 Å². The Bertz CT molecular complexity index is 1580. The lowest BCUT2D eigenvalue weighted by Crippen LogP contribution is -2.58. The smallest absolute Gasteiger partial charge is 0.407 e. The van der Waals surface area contributed by atoms with Gasteiger partial charge in [0, 0.05) is 13.0 Å². The molecule has 1 aromatic carbocycles. The summed E-state index contributed by atoms with van der Waals surface area (Å²) < 4.78 is 10.5. The van der Waals surface area contributed by atoms with Crippen molar-refractivity contribution in [2.75, 3.05) is 31.2 Å². The van der Waals surface area contributed by atoms with Crippen LogP contribution in [0.2, 0.25) is 0 Å². The summed E-state index contributed by atoms with van der Waals surface area (Å²) >= 11 is 3.45. The average Bonchev–Trinajstić information content (AvgIpc) is 3.55. The summed E-state index contributed by atoms with van der Waals surface area (Å²) in [6, 6.07) is 4.32. The van der Waals surface area contributed by atoms with Crippen LogP contribution in [0.4, 0.5) is 4.79 Å². The highest BCUT2D eigenvalue weighted by Gasteiger charge is 2.52. The topological polar surface area (TPSA) is 189 Å². The largest absolute Gasteiger partial charge is 0.458 e. The molecule has 0 aromatic heterocycles. The number of alkyl carbamates (subject to hydrolysis) is 1. The predicted octanol–water partition coefficient (Wildman–Crippen LogP) is 4.65. The molecular formula is C41H61N5O9S2. The number of hydrogen-bond acceptors (Lipinski definition) is 11. The molecule has 4 rings (SSSR count). The molecule has 1 spiro atoms. The van der Waals surface area contributed by atoms with Gasteiger partial charge in [0.2, 0.25) is 23.5 Å². The Balaban J connectivity index is 1.47. The number of likely N-dealkylation sites (tertiary alicyclic amines) is 1. The molecule has 1 aliphatic carbocycles. The number of nitrogens with zero attached hydrogens (tertiary/aromatic N) is 1. The SMILES string of the molecule is CCCC(NC(=O)C1CC2(CN1C(=O)C(NC(=O)OCC(C)C)C1CCCCC1)SCCCS2)C(=O)C(=O)NCC(=O)NC(C(=O)OC(C)(C)C)c1ccccc1. The number of carbonyl (C=O) groups excluding carboxylic acids is 7. The van der Waals surface area contributed by atoms with Crippen molar-refractivity contribution in [2.24, 2.45) is 11.8 Å². The fourth-order valence-electron chi connectivity index (χ4n) is 7.30. The van der Waals surface area contributed by atoms with Gasteiger partial charge in [-0.25, -0.2) is 9.59 Å². The van der Waals surface area contributed by atoms with E-state index in [0.29, 0.717) is 24.9 Å². The van der Waals surface area contributed by atoms with E-state index in [9.17, 15) is 33.6 Å². The van der Waals surface area contributed by atoms with Gasteiger partial charge in [0.25, 0.3) is 5.91 Å². The number of rotatable bonds is 16. The van der Waals surface area contributed by atoms with Crippen molar-refractivity contribution in [3.05, 3.63) is 35.9 Å². The van der Waals surface area contributed by atoms with Crippen molar-refractivity contribution in [1.29, 1.82) is 0 Å². The molecule has 0 bridgehead atoms. The number of ketones is 1. The van der Waals surface area contributed by atoms with Gasteiger partial charge in [-0.05, 0) is 75.4 Å². The first-order chi connectivity index (χ1) is 27.0. The Hall–Kier alpha value is -3.79. The number of amides is 5. The molecule has 3 fully saturated rings. The number of thioether (sulfide) groups is 2. The number of ether oxygens (including phenoxy) is 2. The number of benzene rings is 1. The Labute approximate surface area is 345 Å². The van der Waals surface area contributed by atoms with Gasteiger partial charge in [-0.2, -0.15) is 0 Å². The molecule has 1 saturated carbocycles. The van der Waals surface area contributed by atoms with Crippen LogP contribution in [0.3, 0.4) is 0 Å². The van der Waals surface area contributed by atoms with E-state index in [-0.39, 0.29) is 30.8 Å². The second-order valence-electron chi connectivity index (χ2n) is 16.5. The number of carbonyl (C=O) groups is 7. The highest BCUT2D eigenvalue weighted by atomic mass is 32.2. The van der Waals surface area contributed by atoms with Crippen LogP contribution in [0.25, 0.3) is 0 Å². The van der Waals surface area contributed by atoms with Crippen molar-refractivity contribution in [3.63, 3.8) is 0 Å². The summed E-state index contributed by atoms with van der Waals surface area (Å²) in [5.74, 6) is -2.59. The van der Waals surface area contributed by atoms with Crippen LogP contribution in [-0.2, 0) is 38.2 Å². The first kappa shape index (κ1) is 45.9. The molecule has 0 radical (unpaired) electrons. The molecule has 316 valence electrons. The lowest BCUT2D eigenvalue weighted by atomic mass is 9.83. The Morgan fingerprint density at radius 3 is 2.19 bits per heavy atom.